The molecule has 0 bridgehead atoms. The van der Waals surface area contributed by atoms with Gasteiger partial charge in [0.2, 0.25) is 0 Å². The number of esters is 1. The van der Waals surface area contributed by atoms with Gasteiger partial charge in [0.25, 0.3) is 0 Å². The van der Waals surface area contributed by atoms with E-state index in [1.54, 1.807) is 25.1 Å². The van der Waals surface area contributed by atoms with E-state index in [-0.39, 0.29) is 18.1 Å². The molecule has 0 aliphatic heterocycles. The summed E-state index contributed by atoms with van der Waals surface area (Å²) in [4.78, 5) is 11.1. The molecule has 1 aromatic carbocycles. The Balaban J connectivity index is 2.65. The molecule has 94 valence electrons. The molecule has 0 heterocycles. The number of hydrogen-bond acceptors (Lipinski definition) is 3. The van der Waals surface area contributed by atoms with E-state index in [1.165, 1.54) is 0 Å². The van der Waals surface area contributed by atoms with Gasteiger partial charge in [-0.15, -0.1) is 0 Å². The number of halogens is 2. The van der Waals surface area contributed by atoms with Gasteiger partial charge < -0.3 is 4.74 Å². The predicted octanol–water partition coefficient (Wildman–Crippen LogP) is 2.81. The monoisotopic (exact) mass is 294 g/mol. The number of ether oxygens (including phenoxy) is 1. The molecule has 0 radical (unpaired) electrons. The lowest BCUT2D eigenvalue weighted by Crippen LogP contribution is -2.15. The molecular weight excluding hydrogens is 283 g/mol. The summed E-state index contributed by atoms with van der Waals surface area (Å²) in [5, 5.41) is 0.907. The third-order valence-electron chi connectivity index (χ3n) is 1.95. The van der Waals surface area contributed by atoms with Crippen molar-refractivity contribution in [1.29, 1.82) is 0 Å². The van der Waals surface area contributed by atoms with Crippen LogP contribution in [-0.2, 0) is 26.1 Å². The minimum Gasteiger partial charge on any atom is -0.465 e. The molecule has 0 N–H and O–H groups in total. The molecule has 0 saturated heterocycles. The average molecular weight is 295 g/mol. The third kappa shape index (κ3) is 4.66. The molecule has 0 aliphatic carbocycles. The lowest BCUT2D eigenvalue weighted by Gasteiger charge is -2.06. The lowest BCUT2D eigenvalue weighted by atomic mass is 10.2. The first-order valence-electron chi connectivity index (χ1n) is 4.98. The second-order valence-corrected chi connectivity index (χ2v) is 5.51. The van der Waals surface area contributed by atoms with E-state index in [0.29, 0.717) is 15.6 Å². The number of carbonyl (C=O) groups is 1. The van der Waals surface area contributed by atoms with Gasteiger partial charge in [-0.25, -0.2) is 0 Å². The quantitative estimate of drug-likeness (QED) is 0.785. The second-order valence-electron chi connectivity index (χ2n) is 3.23. The zero-order valence-corrected chi connectivity index (χ0v) is 11.6. The van der Waals surface area contributed by atoms with E-state index < -0.39 is 16.8 Å². The summed E-state index contributed by atoms with van der Waals surface area (Å²) in [6.07, 6.45) is 0. The van der Waals surface area contributed by atoms with Crippen molar-refractivity contribution in [2.75, 3.05) is 12.4 Å². The number of benzene rings is 1. The van der Waals surface area contributed by atoms with Crippen molar-refractivity contribution in [2.24, 2.45) is 0 Å². The largest absolute Gasteiger partial charge is 0.465 e. The molecule has 0 amide bonds. The van der Waals surface area contributed by atoms with Gasteiger partial charge in [-0.05, 0) is 19.1 Å². The van der Waals surface area contributed by atoms with Crippen LogP contribution >= 0.6 is 23.2 Å². The second kappa shape index (κ2) is 6.99. The van der Waals surface area contributed by atoms with E-state index in [9.17, 15) is 9.00 Å². The Labute approximate surface area is 113 Å². The fraction of sp³-hybridized carbons (Fsp3) is 0.364. The summed E-state index contributed by atoms with van der Waals surface area (Å²) >= 11 is 11.9. The van der Waals surface area contributed by atoms with E-state index in [4.69, 9.17) is 27.9 Å². The predicted molar refractivity (Wildman–Crippen MR) is 69.8 cm³/mol. The Morgan fingerprint density at radius 3 is 2.47 bits per heavy atom. The molecule has 1 atom stereocenters. The highest BCUT2D eigenvalue weighted by atomic mass is 35.5. The van der Waals surface area contributed by atoms with Crippen molar-refractivity contribution in [3.05, 3.63) is 33.8 Å². The maximum absolute atomic E-state index is 11.7. The van der Waals surface area contributed by atoms with Crippen LogP contribution in [0, 0.1) is 0 Å². The maximum atomic E-state index is 11.7. The van der Waals surface area contributed by atoms with Crippen LogP contribution in [0.4, 0.5) is 0 Å². The highest BCUT2D eigenvalue weighted by molar-refractivity contribution is 7.84. The van der Waals surface area contributed by atoms with Crippen LogP contribution in [0.2, 0.25) is 10.0 Å². The van der Waals surface area contributed by atoms with Gasteiger partial charge in [0, 0.05) is 26.4 Å². The Kier molecular flexibility index (Phi) is 5.95. The highest BCUT2D eigenvalue weighted by Crippen LogP contribution is 2.25. The smallest absolute Gasteiger partial charge is 0.318 e. The maximum Gasteiger partial charge on any atom is 0.318 e. The van der Waals surface area contributed by atoms with Gasteiger partial charge in [-0.1, -0.05) is 29.3 Å². The lowest BCUT2D eigenvalue weighted by molar-refractivity contribution is -0.139. The standard InChI is InChI=1S/C11H12Cl2O3S/c1-2-16-11(14)7-17(15)6-8-9(12)4-3-5-10(8)13/h3-5H,2,6-7H2,1H3. The first-order valence-corrected chi connectivity index (χ1v) is 7.22. The molecule has 1 aromatic rings. The van der Waals surface area contributed by atoms with Crippen LogP contribution in [0.15, 0.2) is 18.2 Å². The first-order chi connectivity index (χ1) is 8.04. The molecule has 0 aromatic heterocycles. The van der Waals surface area contributed by atoms with Gasteiger partial charge in [0.1, 0.15) is 5.75 Å². The van der Waals surface area contributed by atoms with E-state index >= 15 is 0 Å². The van der Waals surface area contributed by atoms with Crippen LogP contribution in [0.3, 0.4) is 0 Å². The fourth-order valence-corrected chi connectivity index (χ4v) is 2.99. The Bertz CT molecular complexity index is 414. The zero-order valence-electron chi connectivity index (χ0n) is 9.24. The van der Waals surface area contributed by atoms with Gasteiger partial charge in [-0.3, -0.25) is 9.00 Å². The third-order valence-corrected chi connectivity index (χ3v) is 3.83. The SMILES string of the molecule is CCOC(=O)CS(=O)Cc1c(Cl)cccc1Cl. The molecule has 1 unspecified atom stereocenters. The molecule has 6 heteroatoms. The van der Waals surface area contributed by atoms with Crippen LogP contribution in [-0.4, -0.2) is 22.5 Å². The average Bonchev–Trinajstić information content (AvgIpc) is 2.24. The summed E-state index contributed by atoms with van der Waals surface area (Å²) in [5.74, 6) is -0.471. The summed E-state index contributed by atoms with van der Waals surface area (Å²) in [6.45, 7) is 1.98. The van der Waals surface area contributed by atoms with E-state index in [2.05, 4.69) is 0 Å². The van der Waals surface area contributed by atoms with Crippen LogP contribution in [0.25, 0.3) is 0 Å². The minimum atomic E-state index is -1.37. The fourth-order valence-electron chi connectivity index (χ4n) is 1.22. The highest BCUT2D eigenvalue weighted by Gasteiger charge is 2.13. The zero-order chi connectivity index (χ0) is 12.8. The summed E-state index contributed by atoms with van der Waals surface area (Å²) in [6, 6.07) is 5.05. The Hall–Kier alpha value is -0.580. The van der Waals surface area contributed by atoms with Crippen molar-refractivity contribution in [1.82, 2.24) is 0 Å². The van der Waals surface area contributed by atoms with Crippen LogP contribution in [0.1, 0.15) is 12.5 Å². The molecule has 0 aliphatic rings. The molecule has 3 nitrogen and oxygen atoms in total. The van der Waals surface area contributed by atoms with E-state index in [1.807, 2.05) is 0 Å². The number of carbonyl (C=O) groups excluding carboxylic acids is 1. The van der Waals surface area contributed by atoms with Crippen molar-refractivity contribution >= 4 is 40.0 Å². The summed E-state index contributed by atoms with van der Waals surface area (Å²) in [5.41, 5.74) is 0.596. The first kappa shape index (κ1) is 14.5. The molecule has 0 saturated carbocycles. The van der Waals surface area contributed by atoms with Gasteiger partial charge >= 0.3 is 5.97 Å². The van der Waals surface area contributed by atoms with Gasteiger partial charge in [0.15, 0.2) is 0 Å². The molecule has 17 heavy (non-hydrogen) atoms. The van der Waals surface area contributed by atoms with Gasteiger partial charge in [0.05, 0.1) is 12.4 Å². The van der Waals surface area contributed by atoms with Crippen LogP contribution < -0.4 is 0 Å². The minimum absolute atomic E-state index is 0.143. The molecular formula is C11H12Cl2O3S. The van der Waals surface area contributed by atoms with Crippen LogP contribution in [0.5, 0.6) is 0 Å². The molecule has 1 rings (SSSR count). The topological polar surface area (TPSA) is 43.4 Å². The Morgan fingerprint density at radius 2 is 1.94 bits per heavy atom. The number of rotatable bonds is 5. The number of hydrogen-bond donors (Lipinski definition) is 0. The van der Waals surface area contributed by atoms with Crippen molar-refractivity contribution in [2.45, 2.75) is 12.7 Å². The van der Waals surface area contributed by atoms with Crippen molar-refractivity contribution in [3.8, 4) is 0 Å². The van der Waals surface area contributed by atoms with Gasteiger partial charge in [-0.2, -0.15) is 0 Å². The van der Waals surface area contributed by atoms with Crippen molar-refractivity contribution < 1.29 is 13.7 Å². The van der Waals surface area contributed by atoms with Crippen molar-refractivity contribution in [3.63, 3.8) is 0 Å². The molecule has 0 fully saturated rings. The summed E-state index contributed by atoms with van der Waals surface area (Å²) < 4.78 is 16.4. The Morgan fingerprint density at radius 1 is 1.35 bits per heavy atom. The van der Waals surface area contributed by atoms with E-state index in [0.717, 1.165) is 0 Å². The summed E-state index contributed by atoms with van der Waals surface area (Å²) in [7, 11) is -1.37. The molecule has 0 spiro atoms. The normalized spacial score (nSPS) is 12.2.